The zero-order valence-electron chi connectivity index (χ0n) is 27.0. The van der Waals surface area contributed by atoms with Crippen LogP contribution in [-0.4, -0.2) is 70.4 Å². The van der Waals surface area contributed by atoms with Gasteiger partial charge in [0.05, 0.1) is 23.9 Å². The van der Waals surface area contributed by atoms with E-state index in [0.717, 1.165) is 21.9 Å². The molecule has 2 aromatic carbocycles. The Morgan fingerprint density at radius 3 is 2.32 bits per heavy atom. The second-order valence-corrected chi connectivity index (χ2v) is 12.9. The van der Waals surface area contributed by atoms with Crippen molar-refractivity contribution in [2.45, 2.75) is 63.3 Å². The molecule has 11 nitrogen and oxygen atoms in total. The van der Waals surface area contributed by atoms with Gasteiger partial charge in [0.15, 0.2) is 0 Å². The second-order valence-electron chi connectivity index (χ2n) is 12.9. The normalized spacial score (nSPS) is 18.1. The zero-order chi connectivity index (χ0) is 36.5. The molecule has 0 bridgehead atoms. The first-order valence-corrected chi connectivity index (χ1v) is 15.3. The quantitative estimate of drug-likeness (QED) is 0.343. The van der Waals surface area contributed by atoms with Crippen LogP contribution in [-0.2, 0) is 19.1 Å². The van der Waals surface area contributed by atoms with Crippen molar-refractivity contribution in [1.29, 1.82) is 5.26 Å². The van der Waals surface area contributed by atoms with Crippen LogP contribution in [0, 0.1) is 28.8 Å². The van der Waals surface area contributed by atoms with Crippen molar-refractivity contribution in [3.05, 3.63) is 89.4 Å². The van der Waals surface area contributed by atoms with Gasteiger partial charge in [-0.15, -0.1) is 0 Å². The van der Waals surface area contributed by atoms with Crippen LogP contribution in [0.25, 0.3) is 0 Å². The number of piperazine rings is 1. The first-order valence-electron chi connectivity index (χ1n) is 15.3. The Hall–Kier alpha value is -5.59. The molecule has 1 aliphatic carbocycles. The van der Waals surface area contributed by atoms with Crippen molar-refractivity contribution in [1.82, 2.24) is 15.2 Å². The fraction of sp³-hybridized carbons (Fsp3) is 0.353. The number of nitrogens with zero attached hydrogens (tertiary/aromatic N) is 5. The summed E-state index contributed by atoms with van der Waals surface area (Å²) in [6.45, 7) is 3.46. The van der Waals surface area contributed by atoms with Gasteiger partial charge in [-0.25, -0.2) is 31.7 Å². The predicted octanol–water partition coefficient (Wildman–Crippen LogP) is 5.01. The van der Waals surface area contributed by atoms with Crippen LogP contribution < -0.4 is 15.1 Å². The van der Waals surface area contributed by atoms with Crippen molar-refractivity contribution in [3.8, 4) is 6.07 Å². The lowest BCUT2D eigenvalue weighted by atomic mass is 9.87. The van der Waals surface area contributed by atoms with Crippen LogP contribution in [0.4, 0.5) is 38.3 Å². The molecule has 1 saturated heterocycles. The zero-order valence-corrected chi connectivity index (χ0v) is 27.0. The van der Waals surface area contributed by atoms with E-state index in [4.69, 9.17) is 4.74 Å². The number of amides is 4. The number of carbonyl (C=O) groups excluding carboxylic acids is 4. The number of pyridine rings is 1. The molecule has 2 fully saturated rings. The van der Waals surface area contributed by atoms with Gasteiger partial charge in [-0.1, -0.05) is 18.2 Å². The van der Waals surface area contributed by atoms with E-state index in [2.05, 4.69) is 10.3 Å². The third kappa shape index (κ3) is 7.82. The molecule has 16 heteroatoms. The summed E-state index contributed by atoms with van der Waals surface area (Å²) in [7, 11) is 0. The van der Waals surface area contributed by atoms with Gasteiger partial charge in [0.25, 0.3) is 11.8 Å². The van der Waals surface area contributed by atoms with E-state index in [9.17, 15) is 42.0 Å². The van der Waals surface area contributed by atoms with Gasteiger partial charge < -0.3 is 10.1 Å². The highest BCUT2D eigenvalue weighted by atomic mass is 19.3. The van der Waals surface area contributed by atoms with Crippen LogP contribution in [0.15, 0.2) is 60.8 Å². The average Bonchev–Trinajstić information content (AvgIpc) is 3.01. The number of halogens is 5. The number of ether oxygens (including phenoxy) is 1. The minimum absolute atomic E-state index is 0.0357. The SMILES string of the molecule is CC(C)(C)OC(=O)N1CC(=O)N(c2cc(C#N)ccn2)C(C(=O)N(c2cc(F)cc(F)c2)C(C(=O)NC2CC(F)(F)C2)c2ccccc2F)C1. The highest BCUT2D eigenvalue weighted by Crippen LogP contribution is 2.39. The maximum atomic E-state index is 15.5. The van der Waals surface area contributed by atoms with Gasteiger partial charge in [-0.3, -0.25) is 29.1 Å². The molecule has 1 N–H and O–H groups in total. The summed E-state index contributed by atoms with van der Waals surface area (Å²) in [5, 5.41) is 11.9. The van der Waals surface area contributed by atoms with Crippen molar-refractivity contribution < 1.29 is 45.9 Å². The highest BCUT2D eigenvalue weighted by molar-refractivity contribution is 6.10. The minimum atomic E-state index is -3.08. The van der Waals surface area contributed by atoms with Crippen LogP contribution >= 0.6 is 0 Å². The van der Waals surface area contributed by atoms with Crippen molar-refractivity contribution in [2.24, 2.45) is 0 Å². The molecule has 0 radical (unpaired) electrons. The standard InChI is InChI=1S/C34H31F5N6O5/c1-33(2,3)50-32(49)43-17-26(45(28(46)18-43)27-10-19(16-40)8-9-41-27)31(48)44(23-12-20(35)11-21(36)13-23)29(24-6-4-5-7-25(24)37)30(47)42-22-14-34(38,39)15-22/h4-13,22,26,29H,14-15,17-18H2,1-3H3,(H,42,47). The smallest absolute Gasteiger partial charge is 0.410 e. The van der Waals surface area contributed by atoms with Gasteiger partial charge in [0, 0.05) is 36.7 Å². The number of hydrogen-bond acceptors (Lipinski definition) is 7. The predicted molar refractivity (Wildman–Crippen MR) is 167 cm³/mol. The monoisotopic (exact) mass is 698 g/mol. The van der Waals surface area contributed by atoms with E-state index in [-0.39, 0.29) is 11.4 Å². The molecule has 1 aliphatic heterocycles. The molecule has 50 heavy (non-hydrogen) atoms. The van der Waals surface area contributed by atoms with Gasteiger partial charge in [-0.05, 0) is 51.1 Å². The van der Waals surface area contributed by atoms with E-state index in [1.165, 1.54) is 30.5 Å². The summed E-state index contributed by atoms with van der Waals surface area (Å²) in [5.41, 5.74) is -2.07. The molecule has 0 spiro atoms. The Kier molecular flexibility index (Phi) is 9.81. The van der Waals surface area contributed by atoms with Gasteiger partial charge in [-0.2, -0.15) is 5.26 Å². The summed E-state index contributed by atoms with van der Waals surface area (Å²) in [6, 6.07) is 5.97. The highest BCUT2D eigenvalue weighted by Gasteiger charge is 2.49. The van der Waals surface area contributed by atoms with E-state index >= 15 is 4.39 Å². The molecular weight excluding hydrogens is 667 g/mol. The summed E-state index contributed by atoms with van der Waals surface area (Å²) in [5.74, 6) is -10.0. The third-order valence-electron chi connectivity index (χ3n) is 7.86. The summed E-state index contributed by atoms with van der Waals surface area (Å²) in [6.07, 6.45) is -1.31. The van der Waals surface area contributed by atoms with Crippen molar-refractivity contribution >= 4 is 35.3 Å². The molecule has 1 saturated carbocycles. The van der Waals surface area contributed by atoms with E-state index in [0.29, 0.717) is 23.1 Å². The van der Waals surface area contributed by atoms with E-state index in [1.807, 2.05) is 6.07 Å². The maximum absolute atomic E-state index is 15.5. The number of nitrogens with one attached hydrogen (secondary N) is 1. The first-order chi connectivity index (χ1) is 23.5. The van der Waals surface area contributed by atoms with Gasteiger partial charge >= 0.3 is 6.09 Å². The van der Waals surface area contributed by atoms with Gasteiger partial charge in [0.1, 0.15) is 47.5 Å². The van der Waals surface area contributed by atoms with Crippen LogP contribution in [0.1, 0.15) is 50.8 Å². The van der Waals surface area contributed by atoms with Crippen LogP contribution in [0.5, 0.6) is 0 Å². The summed E-state index contributed by atoms with van der Waals surface area (Å²) >= 11 is 0. The number of benzene rings is 2. The maximum Gasteiger partial charge on any atom is 0.410 e. The van der Waals surface area contributed by atoms with E-state index in [1.54, 1.807) is 20.8 Å². The van der Waals surface area contributed by atoms with Crippen molar-refractivity contribution in [2.75, 3.05) is 22.9 Å². The minimum Gasteiger partial charge on any atom is -0.444 e. The number of carbonyl (C=O) groups is 4. The number of rotatable bonds is 7. The van der Waals surface area contributed by atoms with Crippen LogP contribution in [0.2, 0.25) is 0 Å². The number of aromatic nitrogens is 1. The molecule has 4 amide bonds. The molecule has 262 valence electrons. The van der Waals surface area contributed by atoms with Gasteiger partial charge in [0.2, 0.25) is 11.8 Å². The topological polar surface area (TPSA) is 136 Å². The number of nitriles is 1. The second kappa shape index (κ2) is 13.7. The number of anilines is 2. The van der Waals surface area contributed by atoms with Crippen molar-refractivity contribution in [3.63, 3.8) is 0 Å². The lowest BCUT2D eigenvalue weighted by Crippen LogP contribution is -2.65. The third-order valence-corrected chi connectivity index (χ3v) is 7.86. The summed E-state index contributed by atoms with van der Waals surface area (Å²) in [4.78, 5) is 62.4. The molecular formula is C34H31F5N6O5. The average molecular weight is 699 g/mol. The Balaban J connectivity index is 1.69. The first kappa shape index (κ1) is 35.7. The Morgan fingerprint density at radius 1 is 1.06 bits per heavy atom. The largest absolute Gasteiger partial charge is 0.444 e. The molecule has 2 atom stereocenters. The number of alkyl halides is 2. The number of hydrogen-bond donors (Lipinski definition) is 1. The Labute approximate surface area is 283 Å². The Bertz CT molecular complexity index is 1850. The molecule has 2 heterocycles. The lowest BCUT2D eigenvalue weighted by Gasteiger charge is -2.43. The summed E-state index contributed by atoms with van der Waals surface area (Å²) < 4.78 is 78.1. The fourth-order valence-corrected chi connectivity index (χ4v) is 5.71. The molecule has 3 aromatic rings. The lowest BCUT2D eigenvalue weighted by molar-refractivity contribution is -0.134. The fourth-order valence-electron chi connectivity index (χ4n) is 5.71. The van der Waals surface area contributed by atoms with Crippen LogP contribution in [0.3, 0.4) is 0 Å². The molecule has 2 aliphatic rings. The van der Waals surface area contributed by atoms with E-state index < -0.39 is 108 Å². The molecule has 5 rings (SSSR count). The molecule has 1 aromatic heterocycles. The Morgan fingerprint density at radius 2 is 1.72 bits per heavy atom. The molecule has 2 unspecified atom stereocenters.